The summed E-state index contributed by atoms with van der Waals surface area (Å²) in [5.74, 6) is 0. The third-order valence-corrected chi connectivity index (χ3v) is 1.88. The maximum absolute atomic E-state index is 8.80. The second-order valence-corrected chi connectivity index (χ2v) is 2.95. The van der Waals surface area contributed by atoms with E-state index in [1.165, 1.54) is 0 Å². The molecule has 0 radical (unpaired) electrons. The van der Waals surface area contributed by atoms with Crippen LogP contribution in [0.25, 0.3) is 6.20 Å². The Morgan fingerprint density at radius 3 is 2.79 bits per heavy atom. The van der Waals surface area contributed by atoms with E-state index in [0.29, 0.717) is 6.54 Å². The second-order valence-electron chi connectivity index (χ2n) is 2.95. The van der Waals surface area contributed by atoms with Crippen LogP contribution in [0.2, 0.25) is 0 Å². The van der Waals surface area contributed by atoms with Gasteiger partial charge in [0.15, 0.2) is 0 Å². The number of hydrogen-bond donors (Lipinski definition) is 3. The predicted molar refractivity (Wildman–Crippen MR) is 53.4 cm³/mol. The lowest BCUT2D eigenvalue weighted by Crippen LogP contribution is -2.35. The van der Waals surface area contributed by atoms with Gasteiger partial charge in [0.2, 0.25) is 0 Å². The lowest BCUT2D eigenvalue weighted by Gasteiger charge is -2.11. The third kappa shape index (κ3) is 2.95. The number of aliphatic hydroxyl groups is 2. The van der Waals surface area contributed by atoms with Crippen LogP contribution in [-0.2, 0) is 6.54 Å². The van der Waals surface area contributed by atoms with Gasteiger partial charge in [0.1, 0.15) is 0 Å². The van der Waals surface area contributed by atoms with Crippen molar-refractivity contribution >= 4 is 6.20 Å². The van der Waals surface area contributed by atoms with Crippen molar-refractivity contribution in [3.63, 3.8) is 0 Å². The molecule has 0 unspecified atom stereocenters. The molecule has 0 aliphatic rings. The van der Waals surface area contributed by atoms with Crippen LogP contribution in [0.5, 0.6) is 0 Å². The summed E-state index contributed by atoms with van der Waals surface area (Å²) < 4.78 is 1.60. The first kappa shape index (κ1) is 10.9. The molecule has 0 aliphatic heterocycles. The first-order valence-corrected chi connectivity index (χ1v) is 4.40. The highest BCUT2D eigenvalue weighted by Crippen LogP contribution is 1.97. The van der Waals surface area contributed by atoms with E-state index in [-0.39, 0.29) is 19.3 Å². The smallest absolute Gasteiger partial charge is 0.0607 e. The van der Waals surface area contributed by atoms with Gasteiger partial charge in [-0.05, 0) is 0 Å². The van der Waals surface area contributed by atoms with E-state index in [1.54, 1.807) is 17.1 Å². The highest BCUT2D eigenvalue weighted by Gasteiger charge is 2.04. The summed E-state index contributed by atoms with van der Waals surface area (Å²) in [5.41, 5.74) is 0.983. The first-order chi connectivity index (χ1) is 6.80. The molecule has 5 heteroatoms. The average molecular weight is 197 g/mol. The van der Waals surface area contributed by atoms with Crippen LogP contribution >= 0.6 is 0 Å². The van der Waals surface area contributed by atoms with Gasteiger partial charge in [-0.2, -0.15) is 5.10 Å². The minimum absolute atomic E-state index is 0.0773. The summed E-state index contributed by atoms with van der Waals surface area (Å²) in [4.78, 5) is 0. The van der Waals surface area contributed by atoms with Crippen molar-refractivity contribution in [2.45, 2.75) is 12.6 Å². The first-order valence-electron chi connectivity index (χ1n) is 4.40. The minimum Gasteiger partial charge on any atom is -0.395 e. The van der Waals surface area contributed by atoms with Crippen molar-refractivity contribution in [1.29, 1.82) is 0 Å². The summed E-state index contributed by atoms with van der Waals surface area (Å²) in [7, 11) is 0. The number of nitrogens with zero attached hydrogens (tertiary/aromatic N) is 2. The van der Waals surface area contributed by atoms with Gasteiger partial charge in [-0.1, -0.05) is 6.58 Å². The zero-order valence-corrected chi connectivity index (χ0v) is 7.93. The molecule has 3 N–H and O–H groups in total. The van der Waals surface area contributed by atoms with Crippen LogP contribution in [-0.4, -0.2) is 39.2 Å². The number of nitrogens with one attached hydrogen (secondary N) is 1. The van der Waals surface area contributed by atoms with E-state index in [1.807, 2.05) is 6.20 Å². The van der Waals surface area contributed by atoms with E-state index < -0.39 is 0 Å². The van der Waals surface area contributed by atoms with Gasteiger partial charge < -0.3 is 15.5 Å². The summed E-state index contributed by atoms with van der Waals surface area (Å²) in [5, 5.41) is 24.6. The van der Waals surface area contributed by atoms with Gasteiger partial charge >= 0.3 is 0 Å². The number of rotatable bonds is 6. The van der Waals surface area contributed by atoms with E-state index in [4.69, 9.17) is 10.2 Å². The molecule has 78 valence electrons. The molecule has 0 saturated heterocycles. The Labute approximate surface area is 82.7 Å². The lowest BCUT2D eigenvalue weighted by molar-refractivity contribution is 0.170. The van der Waals surface area contributed by atoms with Crippen molar-refractivity contribution in [1.82, 2.24) is 15.1 Å². The van der Waals surface area contributed by atoms with Crippen molar-refractivity contribution in [3.8, 4) is 0 Å². The minimum atomic E-state index is -0.276. The molecule has 0 amide bonds. The van der Waals surface area contributed by atoms with Gasteiger partial charge in [0.25, 0.3) is 0 Å². The zero-order valence-electron chi connectivity index (χ0n) is 7.93. The van der Waals surface area contributed by atoms with Crippen LogP contribution in [0.4, 0.5) is 0 Å². The Morgan fingerprint density at radius 1 is 1.57 bits per heavy atom. The van der Waals surface area contributed by atoms with Gasteiger partial charge in [-0.3, -0.25) is 0 Å². The quantitative estimate of drug-likeness (QED) is 0.571. The van der Waals surface area contributed by atoms with Gasteiger partial charge in [0, 0.05) is 24.5 Å². The monoisotopic (exact) mass is 197 g/mol. The molecular formula is C9H15N3O2. The molecule has 0 aromatic carbocycles. The molecule has 1 rings (SSSR count). The Morgan fingerprint density at radius 2 is 2.29 bits per heavy atom. The average Bonchev–Trinajstić information content (AvgIpc) is 2.67. The van der Waals surface area contributed by atoms with Crippen LogP contribution in [0, 0.1) is 0 Å². The Balaban J connectivity index is 2.40. The maximum atomic E-state index is 8.80. The van der Waals surface area contributed by atoms with E-state index >= 15 is 0 Å². The van der Waals surface area contributed by atoms with Gasteiger partial charge in [-0.25, -0.2) is 4.68 Å². The summed E-state index contributed by atoms with van der Waals surface area (Å²) in [6.07, 6.45) is 5.13. The van der Waals surface area contributed by atoms with Crippen LogP contribution in [0.15, 0.2) is 19.0 Å². The third-order valence-electron chi connectivity index (χ3n) is 1.88. The summed E-state index contributed by atoms with van der Waals surface area (Å²) >= 11 is 0. The fraction of sp³-hybridized carbons (Fsp3) is 0.444. The molecule has 0 fully saturated rings. The Kier molecular flexibility index (Phi) is 4.31. The molecule has 1 aromatic rings. The SMILES string of the molecule is C=Cn1cc(CNC(CO)CO)cn1. The van der Waals surface area contributed by atoms with Crippen LogP contribution < -0.4 is 5.32 Å². The zero-order chi connectivity index (χ0) is 10.4. The number of aromatic nitrogens is 2. The van der Waals surface area contributed by atoms with Gasteiger partial charge in [-0.15, -0.1) is 0 Å². The van der Waals surface area contributed by atoms with Gasteiger partial charge in [0.05, 0.1) is 25.5 Å². The maximum Gasteiger partial charge on any atom is 0.0607 e. The predicted octanol–water partition coefficient (Wildman–Crippen LogP) is -0.574. The molecule has 14 heavy (non-hydrogen) atoms. The Bertz CT molecular complexity index is 281. The molecule has 0 saturated carbocycles. The molecule has 5 nitrogen and oxygen atoms in total. The van der Waals surface area contributed by atoms with Crippen LogP contribution in [0.3, 0.4) is 0 Å². The standard InChI is InChI=1S/C9H15N3O2/c1-2-12-5-8(4-11-12)3-10-9(6-13)7-14/h2,4-5,9-10,13-14H,1,3,6-7H2. The molecule has 1 aromatic heterocycles. The summed E-state index contributed by atoms with van der Waals surface area (Å²) in [6, 6.07) is -0.276. The van der Waals surface area contributed by atoms with E-state index in [9.17, 15) is 0 Å². The number of aliphatic hydroxyl groups excluding tert-OH is 2. The van der Waals surface area contributed by atoms with Crippen molar-refractivity contribution in [3.05, 3.63) is 24.5 Å². The second kappa shape index (κ2) is 5.54. The molecule has 0 bridgehead atoms. The fourth-order valence-corrected chi connectivity index (χ4v) is 1.02. The Hall–Kier alpha value is -1.17. The fourth-order valence-electron chi connectivity index (χ4n) is 1.02. The van der Waals surface area contributed by atoms with Crippen molar-refractivity contribution < 1.29 is 10.2 Å². The highest BCUT2D eigenvalue weighted by molar-refractivity contribution is 5.17. The number of hydrogen-bond acceptors (Lipinski definition) is 4. The van der Waals surface area contributed by atoms with Crippen LogP contribution in [0.1, 0.15) is 5.56 Å². The van der Waals surface area contributed by atoms with E-state index in [0.717, 1.165) is 5.56 Å². The largest absolute Gasteiger partial charge is 0.395 e. The molecule has 1 heterocycles. The van der Waals surface area contributed by atoms with Crippen molar-refractivity contribution in [2.24, 2.45) is 0 Å². The normalized spacial score (nSPS) is 10.8. The summed E-state index contributed by atoms with van der Waals surface area (Å²) in [6.45, 7) is 3.99. The lowest BCUT2D eigenvalue weighted by atomic mass is 10.3. The topological polar surface area (TPSA) is 70.3 Å². The molecule has 0 spiro atoms. The van der Waals surface area contributed by atoms with E-state index in [2.05, 4.69) is 17.0 Å². The highest BCUT2D eigenvalue weighted by atomic mass is 16.3. The molecular weight excluding hydrogens is 182 g/mol. The van der Waals surface area contributed by atoms with Crippen molar-refractivity contribution in [2.75, 3.05) is 13.2 Å². The molecule has 0 atom stereocenters. The molecule has 0 aliphatic carbocycles.